The van der Waals surface area contributed by atoms with Crippen LogP contribution in [-0.4, -0.2) is 58.7 Å². The van der Waals surface area contributed by atoms with E-state index in [1.165, 1.54) is 16.7 Å². The number of benzene rings is 2. The Morgan fingerprint density at radius 1 is 1.06 bits per heavy atom. The second-order valence-corrected chi connectivity index (χ2v) is 9.60. The maximum absolute atomic E-state index is 13.9. The number of hydrogen-bond acceptors (Lipinski definition) is 4. The molecule has 6 rings (SSSR count). The van der Waals surface area contributed by atoms with E-state index in [1.807, 2.05) is 12.1 Å². The number of carbonyl (C=O) groups excluding carboxylic acids is 1. The maximum Gasteiger partial charge on any atom is 0.243 e. The fourth-order valence-corrected chi connectivity index (χ4v) is 6.86. The van der Waals surface area contributed by atoms with Gasteiger partial charge in [-0.15, -0.1) is 0 Å². The molecule has 1 aliphatic carbocycles. The van der Waals surface area contributed by atoms with Gasteiger partial charge in [-0.1, -0.05) is 36.4 Å². The summed E-state index contributed by atoms with van der Waals surface area (Å²) in [4.78, 5) is 18.7. The van der Waals surface area contributed by atoms with E-state index in [9.17, 15) is 4.79 Å². The SMILES string of the molecule is O=C1N(C2Cc3ccccc3C2)C[C@@H]2C[C@@H](c3ccc(OCCO)cc3)N3CCC[C@@]123. The fourth-order valence-electron chi connectivity index (χ4n) is 6.86. The Labute approximate surface area is 183 Å². The van der Waals surface area contributed by atoms with Crippen molar-refractivity contribution >= 4 is 5.91 Å². The van der Waals surface area contributed by atoms with Crippen molar-refractivity contribution in [3.05, 3.63) is 65.2 Å². The molecule has 162 valence electrons. The van der Waals surface area contributed by atoms with E-state index >= 15 is 0 Å². The summed E-state index contributed by atoms with van der Waals surface area (Å²) in [5.41, 5.74) is 3.82. The van der Waals surface area contributed by atoms with Crippen molar-refractivity contribution in [2.75, 3.05) is 26.3 Å². The van der Waals surface area contributed by atoms with E-state index in [0.717, 1.165) is 50.9 Å². The van der Waals surface area contributed by atoms with Crippen LogP contribution in [-0.2, 0) is 17.6 Å². The van der Waals surface area contributed by atoms with Crippen molar-refractivity contribution in [1.29, 1.82) is 0 Å². The summed E-state index contributed by atoms with van der Waals surface area (Å²) in [7, 11) is 0. The lowest BCUT2D eigenvalue weighted by Gasteiger charge is -2.35. The number of carbonyl (C=O) groups is 1. The van der Waals surface area contributed by atoms with Crippen molar-refractivity contribution in [3.8, 4) is 5.75 Å². The number of fused-ring (bicyclic) bond motifs is 1. The second kappa shape index (κ2) is 7.35. The third kappa shape index (κ3) is 2.86. The Balaban J connectivity index is 1.23. The predicted molar refractivity (Wildman–Crippen MR) is 118 cm³/mol. The summed E-state index contributed by atoms with van der Waals surface area (Å²) in [6, 6.07) is 17.6. The molecule has 3 heterocycles. The molecule has 5 heteroatoms. The van der Waals surface area contributed by atoms with Crippen LogP contribution < -0.4 is 4.74 Å². The lowest BCUT2D eigenvalue weighted by atomic mass is 9.85. The standard InChI is InChI=1S/C26H30N2O3/c29-12-13-31-23-8-6-18(7-9-23)24-16-21-17-27(25(30)26(21)10-3-11-28(24)26)22-14-19-4-1-2-5-20(19)15-22/h1-2,4-9,21-22,24,29H,3,10-17H2/t21-,24-,26-/m0/s1. The molecule has 3 atom stereocenters. The zero-order valence-corrected chi connectivity index (χ0v) is 17.9. The summed E-state index contributed by atoms with van der Waals surface area (Å²) in [5, 5.41) is 8.96. The lowest BCUT2D eigenvalue weighted by molar-refractivity contribution is -0.138. The van der Waals surface area contributed by atoms with Crippen LogP contribution in [0.4, 0.5) is 0 Å². The van der Waals surface area contributed by atoms with E-state index in [2.05, 4.69) is 46.2 Å². The molecule has 1 amide bonds. The normalized spacial score (nSPS) is 30.0. The van der Waals surface area contributed by atoms with Gasteiger partial charge in [-0.2, -0.15) is 0 Å². The van der Waals surface area contributed by atoms with Crippen LogP contribution in [0.2, 0.25) is 0 Å². The van der Waals surface area contributed by atoms with Gasteiger partial charge in [0.2, 0.25) is 5.91 Å². The first-order valence-electron chi connectivity index (χ1n) is 11.7. The summed E-state index contributed by atoms with van der Waals surface area (Å²) < 4.78 is 5.52. The van der Waals surface area contributed by atoms with Crippen LogP contribution in [0.25, 0.3) is 0 Å². The molecule has 0 bridgehead atoms. The second-order valence-electron chi connectivity index (χ2n) is 9.60. The minimum Gasteiger partial charge on any atom is -0.491 e. The number of hydrogen-bond donors (Lipinski definition) is 1. The van der Waals surface area contributed by atoms with Crippen LogP contribution in [0, 0.1) is 5.92 Å². The average molecular weight is 419 g/mol. The zero-order valence-electron chi connectivity index (χ0n) is 17.9. The van der Waals surface area contributed by atoms with Gasteiger partial charge in [0.1, 0.15) is 17.9 Å². The summed E-state index contributed by atoms with van der Waals surface area (Å²) in [6.07, 6.45) is 5.17. The highest BCUT2D eigenvalue weighted by Gasteiger charge is 2.65. The van der Waals surface area contributed by atoms with Crippen molar-refractivity contribution in [2.45, 2.75) is 49.7 Å². The highest BCUT2D eigenvalue weighted by Crippen LogP contribution is 2.56. The molecule has 2 aromatic rings. The molecule has 2 aromatic carbocycles. The molecular formula is C26H30N2O3. The number of aliphatic hydroxyl groups excluding tert-OH is 1. The molecule has 3 aliphatic heterocycles. The highest BCUT2D eigenvalue weighted by molar-refractivity contribution is 5.90. The first kappa shape index (κ1) is 19.3. The van der Waals surface area contributed by atoms with E-state index in [1.54, 1.807) is 0 Å². The summed E-state index contributed by atoms with van der Waals surface area (Å²) >= 11 is 0. The third-order valence-electron chi connectivity index (χ3n) is 8.17. The molecule has 0 aromatic heterocycles. The Bertz CT molecular complexity index is 965. The molecular weight excluding hydrogens is 388 g/mol. The van der Waals surface area contributed by atoms with E-state index in [-0.39, 0.29) is 12.1 Å². The number of ether oxygens (including phenoxy) is 1. The molecule has 0 unspecified atom stereocenters. The van der Waals surface area contributed by atoms with Gasteiger partial charge in [-0.3, -0.25) is 9.69 Å². The topological polar surface area (TPSA) is 53.0 Å². The van der Waals surface area contributed by atoms with Gasteiger partial charge < -0.3 is 14.7 Å². The van der Waals surface area contributed by atoms with Gasteiger partial charge in [0.25, 0.3) is 0 Å². The van der Waals surface area contributed by atoms with Crippen molar-refractivity contribution in [2.24, 2.45) is 5.92 Å². The fraction of sp³-hybridized carbons (Fsp3) is 0.500. The van der Waals surface area contributed by atoms with Crippen LogP contribution in [0.1, 0.15) is 42.0 Å². The van der Waals surface area contributed by atoms with Gasteiger partial charge >= 0.3 is 0 Å². The number of amides is 1. The summed E-state index contributed by atoms with van der Waals surface area (Å²) in [5.74, 6) is 1.59. The molecule has 31 heavy (non-hydrogen) atoms. The van der Waals surface area contributed by atoms with Crippen molar-refractivity contribution in [3.63, 3.8) is 0 Å². The minimum absolute atomic E-state index is 0.0209. The van der Waals surface area contributed by atoms with Crippen molar-refractivity contribution in [1.82, 2.24) is 9.80 Å². The van der Waals surface area contributed by atoms with Crippen LogP contribution in [0.5, 0.6) is 5.75 Å². The monoisotopic (exact) mass is 418 g/mol. The van der Waals surface area contributed by atoms with Crippen LogP contribution in [0.15, 0.2) is 48.5 Å². The average Bonchev–Trinajstić information content (AvgIpc) is 3.53. The number of likely N-dealkylation sites (tertiary alicyclic amines) is 1. The van der Waals surface area contributed by atoms with Crippen molar-refractivity contribution < 1.29 is 14.6 Å². The molecule has 4 aliphatic rings. The number of rotatable bonds is 5. The molecule has 0 saturated carbocycles. The Kier molecular flexibility index (Phi) is 4.58. The van der Waals surface area contributed by atoms with E-state index < -0.39 is 0 Å². The maximum atomic E-state index is 13.9. The largest absolute Gasteiger partial charge is 0.491 e. The van der Waals surface area contributed by atoms with Gasteiger partial charge in [-0.05, 0) is 67.5 Å². The smallest absolute Gasteiger partial charge is 0.243 e. The number of nitrogens with zero attached hydrogens (tertiary/aromatic N) is 2. The Hall–Kier alpha value is -2.37. The van der Waals surface area contributed by atoms with Gasteiger partial charge in [0, 0.05) is 24.5 Å². The quantitative estimate of drug-likeness (QED) is 0.811. The number of aliphatic hydroxyl groups is 1. The third-order valence-corrected chi connectivity index (χ3v) is 8.17. The van der Waals surface area contributed by atoms with Crippen LogP contribution >= 0.6 is 0 Å². The molecule has 1 N–H and O–H groups in total. The minimum atomic E-state index is -0.286. The molecule has 3 fully saturated rings. The van der Waals surface area contributed by atoms with Gasteiger partial charge in [0.15, 0.2) is 0 Å². The molecule has 1 spiro atoms. The Morgan fingerprint density at radius 3 is 2.52 bits per heavy atom. The molecule has 0 radical (unpaired) electrons. The zero-order chi connectivity index (χ0) is 21.0. The van der Waals surface area contributed by atoms with Crippen LogP contribution in [0.3, 0.4) is 0 Å². The van der Waals surface area contributed by atoms with E-state index in [4.69, 9.17) is 9.84 Å². The lowest BCUT2D eigenvalue weighted by Crippen LogP contribution is -2.51. The van der Waals surface area contributed by atoms with Gasteiger partial charge in [0.05, 0.1) is 6.61 Å². The van der Waals surface area contributed by atoms with Gasteiger partial charge in [-0.25, -0.2) is 0 Å². The molecule has 5 nitrogen and oxygen atoms in total. The first-order chi connectivity index (χ1) is 15.2. The first-order valence-corrected chi connectivity index (χ1v) is 11.7. The Morgan fingerprint density at radius 2 is 1.81 bits per heavy atom. The molecule has 3 saturated heterocycles. The van der Waals surface area contributed by atoms with E-state index in [0.29, 0.717) is 30.5 Å². The predicted octanol–water partition coefficient (Wildman–Crippen LogP) is 2.96. The highest BCUT2D eigenvalue weighted by atomic mass is 16.5. The summed E-state index contributed by atoms with van der Waals surface area (Å²) in [6.45, 7) is 2.25.